The van der Waals surface area contributed by atoms with Gasteiger partial charge in [0, 0.05) is 19.2 Å². The van der Waals surface area contributed by atoms with E-state index >= 15 is 0 Å². The molecule has 2 unspecified atom stereocenters. The third-order valence-corrected chi connectivity index (χ3v) is 3.32. The van der Waals surface area contributed by atoms with Crippen LogP contribution in [-0.4, -0.2) is 41.7 Å². The summed E-state index contributed by atoms with van der Waals surface area (Å²) in [6, 6.07) is 7.05. The van der Waals surface area contributed by atoms with E-state index in [1.807, 2.05) is 31.2 Å². The molecule has 1 aliphatic rings. The van der Waals surface area contributed by atoms with Crippen LogP contribution in [0, 0.1) is 0 Å². The van der Waals surface area contributed by atoms with Gasteiger partial charge in [-0.3, -0.25) is 4.79 Å². The topological polar surface area (TPSA) is 78.9 Å². The van der Waals surface area contributed by atoms with Crippen LogP contribution in [0.25, 0.3) is 0 Å². The van der Waals surface area contributed by atoms with Crippen molar-refractivity contribution in [1.82, 2.24) is 10.2 Å². The average molecular weight is 278 g/mol. The molecule has 0 radical (unpaired) electrons. The number of aliphatic carboxylic acids is 1. The number of nitrogens with one attached hydrogen (secondary N) is 1. The van der Waals surface area contributed by atoms with Crippen molar-refractivity contribution in [2.75, 3.05) is 13.6 Å². The molecular formula is C14H18N2O4. The van der Waals surface area contributed by atoms with Gasteiger partial charge in [0.2, 0.25) is 0 Å². The molecule has 2 rings (SSSR count). The highest BCUT2D eigenvalue weighted by Crippen LogP contribution is 2.36. The first kappa shape index (κ1) is 14.2. The Balaban J connectivity index is 1.99. The van der Waals surface area contributed by atoms with Crippen molar-refractivity contribution in [2.24, 2.45) is 0 Å². The predicted octanol–water partition coefficient (Wildman–Crippen LogP) is 1.62. The molecule has 1 heterocycles. The summed E-state index contributed by atoms with van der Waals surface area (Å²) < 4.78 is 5.67. The molecule has 1 aromatic rings. The number of benzene rings is 1. The Bertz CT molecular complexity index is 518. The highest BCUT2D eigenvalue weighted by molar-refractivity contribution is 5.76. The van der Waals surface area contributed by atoms with Crippen molar-refractivity contribution in [1.29, 1.82) is 0 Å². The van der Waals surface area contributed by atoms with Crippen molar-refractivity contribution in [3.63, 3.8) is 0 Å². The van der Waals surface area contributed by atoms with Gasteiger partial charge in [-0.2, -0.15) is 0 Å². The van der Waals surface area contributed by atoms with Crippen LogP contribution in [0.1, 0.15) is 24.9 Å². The zero-order valence-corrected chi connectivity index (χ0v) is 11.5. The average Bonchev–Trinajstić information content (AvgIpc) is 2.72. The molecule has 0 aliphatic carbocycles. The van der Waals surface area contributed by atoms with Crippen LogP contribution in [0.3, 0.4) is 0 Å². The van der Waals surface area contributed by atoms with Gasteiger partial charge >= 0.3 is 12.0 Å². The normalized spacial score (nSPS) is 19.9. The van der Waals surface area contributed by atoms with Crippen molar-refractivity contribution in [2.45, 2.75) is 25.5 Å². The molecule has 0 aromatic heterocycles. The van der Waals surface area contributed by atoms with Gasteiger partial charge < -0.3 is 20.1 Å². The Morgan fingerprint density at radius 1 is 1.40 bits per heavy atom. The number of amides is 2. The second-order valence-electron chi connectivity index (χ2n) is 4.85. The van der Waals surface area contributed by atoms with Crippen LogP contribution in [0.4, 0.5) is 4.79 Å². The highest BCUT2D eigenvalue weighted by atomic mass is 16.5. The summed E-state index contributed by atoms with van der Waals surface area (Å²) in [6.45, 7) is 2.06. The number of nitrogens with zero attached hydrogens (tertiary/aromatic N) is 1. The van der Waals surface area contributed by atoms with E-state index in [2.05, 4.69) is 5.32 Å². The van der Waals surface area contributed by atoms with Crippen molar-refractivity contribution >= 4 is 12.0 Å². The smallest absolute Gasteiger partial charge is 0.317 e. The number of carbonyl (C=O) groups excluding carboxylic acids is 1. The standard InChI is InChI=1S/C14H18N2O4/c1-9-13(10-5-3-4-6-11(10)20-9)15-14(19)16(2)8-7-12(17)18/h3-6,9,13H,7-8H2,1-2H3,(H,15,19)(H,17,18). The molecule has 0 saturated heterocycles. The van der Waals surface area contributed by atoms with Crippen LogP contribution in [0.2, 0.25) is 0 Å². The van der Waals surface area contributed by atoms with Gasteiger partial charge in [-0.25, -0.2) is 4.79 Å². The number of carbonyl (C=O) groups is 2. The third kappa shape index (κ3) is 3.01. The van der Waals surface area contributed by atoms with E-state index in [0.717, 1.165) is 11.3 Å². The predicted molar refractivity (Wildman–Crippen MR) is 72.7 cm³/mol. The summed E-state index contributed by atoms with van der Waals surface area (Å²) in [5.74, 6) is -0.147. The molecule has 20 heavy (non-hydrogen) atoms. The number of carboxylic acids is 1. The molecule has 6 heteroatoms. The number of ether oxygens (including phenoxy) is 1. The summed E-state index contributed by atoms with van der Waals surface area (Å²) in [4.78, 5) is 23.9. The van der Waals surface area contributed by atoms with E-state index in [9.17, 15) is 9.59 Å². The molecule has 2 amide bonds. The first-order chi connectivity index (χ1) is 9.49. The lowest BCUT2D eigenvalue weighted by molar-refractivity contribution is -0.137. The first-order valence-corrected chi connectivity index (χ1v) is 6.48. The van der Waals surface area contributed by atoms with Gasteiger partial charge in [0.15, 0.2) is 0 Å². The molecule has 0 fully saturated rings. The maximum atomic E-state index is 12.0. The second kappa shape index (κ2) is 5.81. The number of fused-ring (bicyclic) bond motifs is 1. The molecule has 1 aromatic carbocycles. The van der Waals surface area contributed by atoms with Crippen LogP contribution >= 0.6 is 0 Å². The number of rotatable bonds is 4. The molecular weight excluding hydrogens is 260 g/mol. The minimum absolute atomic E-state index is 0.0722. The number of hydrogen-bond donors (Lipinski definition) is 2. The zero-order chi connectivity index (χ0) is 14.7. The minimum Gasteiger partial charge on any atom is -0.488 e. The van der Waals surface area contributed by atoms with Gasteiger partial charge in [0.25, 0.3) is 0 Å². The highest BCUT2D eigenvalue weighted by Gasteiger charge is 2.32. The van der Waals surface area contributed by atoms with Crippen molar-refractivity contribution < 1.29 is 19.4 Å². The second-order valence-corrected chi connectivity index (χ2v) is 4.85. The Hall–Kier alpha value is -2.24. The summed E-state index contributed by atoms with van der Waals surface area (Å²) in [5, 5.41) is 11.5. The first-order valence-electron chi connectivity index (χ1n) is 6.48. The van der Waals surface area contributed by atoms with Crippen LogP contribution in [-0.2, 0) is 4.79 Å². The fourth-order valence-corrected chi connectivity index (χ4v) is 2.17. The van der Waals surface area contributed by atoms with Gasteiger partial charge in [-0.1, -0.05) is 18.2 Å². The molecule has 0 spiro atoms. The monoisotopic (exact) mass is 278 g/mol. The fourth-order valence-electron chi connectivity index (χ4n) is 2.17. The Morgan fingerprint density at radius 3 is 2.80 bits per heavy atom. The van der Waals surface area contributed by atoms with E-state index in [1.54, 1.807) is 7.05 Å². The van der Waals surface area contributed by atoms with Gasteiger partial charge in [-0.05, 0) is 13.0 Å². The van der Waals surface area contributed by atoms with Crippen molar-refractivity contribution in [3.8, 4) is 5.75 Å². The molecule has 1 aliphatic heterocycles. The largest absolute Gasteiger partial charge is 0.488 e. The lowest BCUT2D eigenvalue weighted by Gasteiger charge is -2.22. The van der Waals surface area contributed by atoms with Crippen LogP contribution in [0.5, 0.6) is 5.75 Å². The summed E-state index contributed by atoms with van der Waals surface area (Å²) >= 11 is 0. The van der Waals surface area contributed by atoms with Gasteiger partial charge in [0.1, 0.15) is 11.9 Å². The zero-order valence-electron chi connectivity index (χ0n) is 11.5. The summed E-state index contributed by atoms with van der Waals surface area (Å²) in [6.07, 6.45) is -0.221. The summed E-state index contributed by atoms with van der Waals surface area (Å²) in [7, 11) is 1.57. The molecule has 0 saturated carbocycles. The Labute approximate surface area is 117 Å². The molecule has 0 bridgehead atoms. The Morgan fingerprint density at radius 2 is 2.10 bits per heavy atom. The number of para-hydroxylation sites is 1. The number of carboxylic acid groups (broad SMARTS) is 1. The van der Waals surface area contributed by atoms with E-state index in [1.165, 1.54) is 4.90 Å². The van der Waals surface area contributed by atoms with E-state index in [-0.39, 0.29) is 31.1 Å². The maximum absolute atomic E-state index is 12.0. The Kier molecular flexibility index (Phi) is 4.12. The van der Waals surface area contributed by atoms with Gasteiger partial charge in [-0.15, -0.1) is 0 Å². The molecule has 6 nitrogen and oxygen atoms in total. The number of hydrogen-bond acceptors (Lipinski definition) is 3. The van der Waals surface area contributed by atoms with E-state index in [0.29, 0.717) is 0 Å². The van der Waals surface area contributed by atoms with E-state index < -0.39 is 5.97 Å². The summed E-state index contributed by atoms with van der Waals surface area (Å²) in [5.41, 5.74) is 0.944. The fraction of sp³-hybridized carbons (Fsp3) is 0.429. The van der Waals surface area contributed by atoms with Gasteiger partial charge in [0.05, 0.1) is 12.5 Å². The van der Waals surface area contributed by atoms with E-state index in [4.69, 9.17) is 9.84 Å². The van der Waals surface area contributed by atoms with Crippen molar-refractivity contribution in [3.05, 3.63) is 29.8 Å². The molecule has 108 valence electrons. The lowest BCUT2D eigenvalue weighted by atomic mass is 10.1. The molecule has 2 atom stereocenters. The van der Waals surface area contributed by atoms with Crippen LogP contribution < -0.4 is 10.1 Å². The SMILES string of the molecule is CC1Oc2ccccc2C1NC(=O)N(C)CCC(=O)O. The quantitative estimate of drug-likeness (QED) is 0.877. The number of urea groups is 1. The van der Waals surface area contributed by atoms with Crippen LogP contribution in [0.15, 0.2) is 24.3 Å². The minimum atomic E-state index is -0.924. The molecule has 2 N–H and O–H groups in total. The maximum Gasteiger partial charge on any atom is 0.317 e. The lowest BCUT2D eigenvalue weighted by Crippen LogP contribution is -2.42. The third-order valence-electron chi connectivity index (χ3n) is 3.32.